The molecule has 26 heavy (non-hydrogen) atoms. The lowest BCUT2D eigenvalue weighted by Gasteiger charge is -2.13. The van der Waals surface area contributed by atoms with Crippen molar-refractivity contribution in [3.63, 3.8) is 0 Å². The average molecular weight is 353 g/mol. The lowest BCUT2D eigenvalue weighted by Crippen LogP contribution is -2.27. The molecule has 0 saturated heterocycles. The minimum absolute atomic E-state index is 0.289. The van der Waals surface area contributed by atoms with Crippen LogP contribution in [0.15, 0.2) is 48.5 Å². The Morgan fingerprint density at radius 1 is 1.08 bits per heavy atom. The zero-order valence-corrected chi connectivity index (χ0v) is 14.6. The number of para-hydroxylation sites is 1. The van der Waals surface area contributed by atoms with Gasteiger partial charge in [-0.15, -0.1) is 0 Å². The Labute approximate surface area is 151 Å². The summed E-state index contributed by atoms with van der Waals surface area (Å²) in [5.41, 5.74) is 0.739. The van der Waals surface area contributed by atoms with E-state index in [1.807, 2.05) is 13.0 Å². The van der Waals surface area contributed by atoms with E-state index in [1.54, 1.807) is 48.5 Å². The molecule has 134 valence electrons. The van der Waals surface area contributed by atoms with Gasteiger partial charge >= 0.3 is 5.97 Å². The van der Waals surface area contributed by atoms with Crippen molar-refractivity contribution in [3.05, 3.63) is 59.7 Å². The Balaban J connectivity index is 1.89. The molecule has 2 rings (SSSR count). The summed E-state index contributed by atoms with van der Waals surface area (Å²) in [7, 11) is 0. The zero-order chi connectivity index (χ0) is 18.9. The van der Waals surface area contributed by atoms with Gasteiger partial charge in [0.05, 0.1) is 12.2 Å². The van der Waals surface area contributed by atoms with Gasteiger partial charge in [0, 0.05) is 5.56 Å². The largest absolute Gasteiger partial charge is 0.494 e. The summed E-state index contributed by atoms with van der Waals surface area (Å²) >= 11 is 0. The van der Waals surface area contributed by atoms with Gasteiger partial charge in [-0.25, -0.2) is 4.79 Å². The van der Waals surface area contributed by atoms with E-state index in [4.69, 9.17) is 19.5 Å². The number of hydrogen-bond donors (Lipinski definition) is 0. The maximum atomic E-state index is 12.3. The molecule has 6 heteroatoms. The average Bonchev–Trinajstić information content (AvgIpc) is 2.66. The summed E-state index contributed by atoms with van der Waals surface area (Å²) in [4.78, 5) is 24.2. The molecule has 2 aromatic rings. The van der Waals surface area contributed by atoms with Crippen molar-refractivity contribution in [1.82, 2.24) is 0 Å². The van der Waals surface area contributed by atoms with E-state index in [0.29, 0.717) is 23.5 Å². The summed E-state index contributed by atoms with van der Waals surface area (Å²) in [6, 6.07) is 15.1. The quantitative estimate of drug-likeness (QED) is 0.535. The highest BCUT2D eigenvalue weighted by Gasteiger charge is 2.20. The molecule has 0 unspecified atom stereocenters. The SMILES string of the molecule is CCOc1ccc(C(=O)[C@@H](C)OC(=O)COc2ccccc2C#N)cc1. The predicted octanol–water partition coefficient (Wildman–Crippen LogP) is 3.15. The molecule has 0 radical (unpaired) electrons. The summed E-state index contributed by atoms with van der Waals surface area (Å²) in [6.07, 6.45) is -0.949. The molecule has 6 nitrogen and oxygen atoms in total. The number of Topliss-reactive ketones (excluding diaryl/α,β-unsaturated/α-hetero) is 1. The van der Waals surface area contributed by atoms with E-state index in [1.165, 1.54) is 6.92 Å². The summed E-state index contributed by atoms with van der Waals surface area (Å²) in [6.45, 7) is 3.52. The maximum Gasteiger partial charge on any atom is 0.344 e. The third-order valence-electron chi connectivity index (χ3n) is 3.48. The predicted molar refractivity (Wildman–Crippen MR) is 94.1 cm³/mol. The van der Waals surface area contributed by atoms with Gasteiger partial charge in [-0.2, -0.15) is 5.26 Å². The van der Waals surface area contributed by atoms with Crippen LogP contribution in [0, 0.1) is 11.3 Å². The minimum atomic E-state index is -0.949. The fraction of sp³-hybridized carbons (Fsp3) is 0.250. The number of ether oxygens (including phenoxy) is 3. The number of esters is 1. The van der Waals surface area contributed by atoms with Crippen LogP contribution in [0.3, 0.4) is 0 Å². The topological polar surface area (TPSA) is 85.6 Å². The van der Waals surface area contributed by atoms with E-state index in [2.05, 4.69) is 0 Å². The standard InChI is InChI=1S/C20H19NO5/c1-3-24-17-10-8-15(9-11-17)20(23)14(2)26-19(22)13-25-18-7-5-4-6-16(18)12-21/h4-11,14H,3,13H2,1-2H3/t14-/m1/s1. The van der Waals surface area contributed by atoms with Crippen molar-refractivity contribution in [3.8, 4) is 17.6 Å². The molecule has 0 bridgehead atoms. The van der Waals surface area contributed by atoms with E-state index in [0.717, 1.165) is 0 Å². The van der Waals surface area contributed by atoms with E-state index in [-0.39, 0.29) is 18.1 Å². The van der Waals surface area contributed by atoms with Crippen LogP contribution in [0.25, 0.3) is 0 Å². The van der Waals surface area contributed by atoms with E-state index < -0.39 is 12.1 Å². The second-order valence-electron chi connectivity index (χ2n) is 5.35. The van der Waals surface area contributed by atoms with Gasteiger partial charge in [-0.1, -0.05) is 12.1 Å². The van der Waals surface area contributed by atoms with Crippen LogP contribution in [0.5, 0.6) is 11.5 Å². The lowest BCUT2D eigenvalue weighted by atomic mass is 10.1. The monoisotopic (exact) mass is 353 g/mol. The molecular formula is C20H19NO5. The van der Waals surface area contributed by atoms with Crippen LogP contribution in [-0.4, -0.2) is 31.1 Å². The van der Waals surface area contributed by atoms with Gasteiger partial charge in [-0.3, -0.25) is 4.79 Å². The Morgan fingerprint density at radius 2 is 1.77 bits per heavy atom. The van der Waals surface area contributed by atoms with Crippen molar-refractivity contribution < 1.29 is 23.8 Å². The van der Waals surface area contributed by atoms with Crippen molar-refractivity contribution in [2.75, 3.05) is 13.2 Å². The second-order valence-corrected chi connectivity index (χ2v) is 5.35. The zero-order valence-electron chi connectivity index (χ0n) is 14.6. The van der Waals surface area contributed by atoms with Gasteiger partial charge in [0.1, 0.15) is 17.6 Å². The van der Waals surface area contributed by atoms with Crippen LogP contribution in [0.1, 0.15) is 29.8 Å². The number of hydrogen-bond acceptors (Lipinski definition) is 6. The summed E-state index contributed by atoms with van der Waals surface area (Å²) in [5, 5.41) is 8.98. The number of nitrogens with zero attached hydrogens (tertiary/aromatic N) is 1. The van der Waals surface area contributed by atoms with Crippen LogP contribution in [-0.2, 0) is 9.53 Å². The Bertz CT molecular complexity index is 808. The first-order chi connectivity index (χ1) is 12.5. The Kier molecular flexibility index (Phi) is 6.75. The van der Waals surface area contributed by atoms with Gasteiger partial charge in [0.25, 0.3) is 0 Å². The molecule has 0 aliphatic carbocycles. The lowest BCUT2D eigenvalue weighted by molar-refractivity contribution is -0.148. The van der Waals surface area contributed by atoms with E-state index in [9.17, 15) is 9.59 Å². The molecule has 0 saturated carbocycles. The molecule has 0 aliphatic heterocycles. The molecule has 0 amide bonds. The molecule has 0 fully saturated rings. The highest BCUT2D eigenvalue weighted by Crippen LogP contribution is 2.17. The minimum Gasteiger partial charge on any atom is -0.494 e. The number of nitriles is 1. The molecule has 1 atom stereocenters. The molecule has 0 spiro atoms. The van der Waals surface area contributed by atoms with Crippen molar-refractivity contribution in [2.24, 2.45) is 0 Å². The molecule has 0 aromatic heterocycles. The molecule has 2 aromatic carbocycles. The fourth-order valence-electron chi connectivity index (χ4n) is 2.22. The first-order valence-electron chi connectivity index (χ1n) is 8.13. The van der Waals surface area contributed by atoms with Gasteiger partial charge in [0.2, 0.25) is 5.78 Å². The number of rotatable bonds is 8. The highest BCUT2D eigenvalue weighted by molar-refractivity contribution is 6.00. The number of benzene rings is 2. The van der Waals surface area contributed by atoms with Crippen molar-refractivity contribution >= 4 is 11.8 Å². The fourth-order valence-corrected chi connectivity index (χ4v) is 2.22. The first-order valence-corrected chi connectivity index (χ1v) is 8.13. The normalized spacial score (nSPS) is 11.1. The van der Waals surface area contributed by atoms with Crippen molar-refractivity contribution in [1.29, 1.82) is 5.26 Å². The van der Waals surface area contributed by atoms with Crippen molar-refractivity contribution in [2.45, 2.75) is 20.0 Å². The first kappa shape index (κ1) is 19.0. The summed E-state index contributed by atoms with van der Waals surface area (Å²) in [5.74, 6) is -0.0564. The third-order valence-corrected chi connectivity index (χ3v) is 3.48. The molecule has 0 N–H and O–H groups in total. The van der Waals surface area contributed by atoms with Gasteiger partial charge in [-0.05, 0) is 50.2 Å². The summed E-state index contributed by atoms with van der Waals surface area (Å²) < 4.78 is 15.7. The molecule has 0 aliphatic rings. The second kappa shape index (κ2) is 9.23. The van der Waals surface area contributed by atoms with Crippen LogP contribution in [0.4, 0.5) is 0 Å². The maximum absolute atomic E-state index is 12.3. The highest BCUT2D eigenvalue weighted by atomic mass is 16.6. The third kappa shape index (κ3) is 5.08. The van der Waals surface area contributed by atoms with Crippen LogP contribution < -0.4 is 9.47 Å². The number of ketones is 1. The smallest absolute Gasteiger partial charge is 0.344 e. The molecule has 0 heterocycles. The van der Waals surface area contributed by atoms with E-state index >= 15 is 0 Å². The number of carbonyl (C=O) groups is 2. The Hall–Kier alpha value is -3.33. The van der Waals surface area contributed by atoms with Crippen LogP contribution in [0.2, 0.25) is 0 Å². The Morgan fingerprint density at radius 3 is 2.42 bits per heavy atom. The number of carbonyl (C=O) groups excluding carboxylic acids is 2. The molecular weight excluding hydrogens is 334 g/mol. The van der Waals surface area contributed by atoms with Gasteiger partial charge in [0.15, 0.2) is 12.7 Å². The van der Waals surface area contributed by atoms with Crippen LogP contribution >= 0.6 is 0 Å². The van der Waals surface area contributed by atoms with Gasteiger partial charge < -0.3 is 14.2 Å².